The zero-order valence-electron chi connectivity index (χ0n) is 9.98. The van der Waals surface area contributed by atoms with Gasteiger partial charge in [0.25, 0.3) is 6.08 Å². The second kappa shape index (κ2) is 10.7. The number of hydroxylamine groups is 1. The van der Waals surface area contributed by atoms with Crippen LogP contribution in [0, 0.1) is 11.5 Å². The number of carbonyl (C=O) groups excluding carboxylic acids is 5. The van der Waals surface area contributed by atoms with E-state index in [1.807, 2.05) is 0 Å². The summed E-state index contributed by atoms with van der Waals surface area (Å²) in [6.45, 7) is 0. The monoisotopic (exact) mass is 320 g/mol. The lowest BCUT2D eigenvalue weighted by Gasteiger charge is -2.05. The highest BCUT2D eigenvalue weighted by atomic mass is 17.2. The highest BCUT2D eigenvalue weighted by Gasteiger charge is 2.13. The fourth-order valence-corrected chi connectivity index (χ4v) is 0.464. The molecule has 0 rings (SSSR count). The van der Waals surface area contributed by atoms with Gasteiger partial charge < -0.3 is 0 Å². The highest BCUT2D eigenvalue weighted by Crippen LogP contribution is 1.84. The molecule has 0 aliphatic heterocycles. The number of nitriles is 1. The zero-order valence-corrected chi connectivity index (χ0v) is 9.98. The molecule has 0 aromatic heterocycles. The van der Waals surface area contributed by atoms with Gasteiger partial charge in [-0.25, -0.2) is 54.4 Å². The molecule has 118 valence electrons. The fraction of sp³-hybridized carbons (Fsp3) is 0. The van der Waals surface area contributed by atoms with Crippen LogP contribution in [0.25, 0.3) is 0 Å². The van der Waals surface area contributed by atoms with Crippen molar-refractivity contribution in [3.05, 3.63) is 0 Å². The van der Waals surface area contributed by atoms with E-state index in [1.54, 1.807) is 0 Å². The molecule has 0 heterocycles. The molecule has 4 N–H and O–H groups in total. The standard InChI is InChI=1S/C6H4N6O10/c7-1-18-12-6(17)22-21-5(16)11-10-4(15)20-19-3(14)9-8-2-13/h(H,9,14)(H,10,15)(H,11,16)(H,12,17). The Kier molecular flexibility index (Phi) is 8.59. The number of hydrogen-bond acceptors (Lipinski definition) is 12. The molecule has 0 fully saturated rings. The molecule has 0 aliphatic carbocycles. The maximum Gasteiger partial charge on any atom is 0.483 e. The summed E-state index contributed by atoms with van der Waals surface area (Å²) in [6, 6.07) is 0. The quantitative estimate of drug-likeness (QED) is 0.148. The second-order valence-electron chi connectivity index (χ2n) is 2.34. The Morgan fingerprint density at radius 3 is 1.86 bits per heavy atom. The summed E-state index contributed by atoms with van der Waals surface area (Å²) < 4.78 is 0. The first-order valence-electron chi connectivity index (χ1n) is 4.50. The van der Waals surface area contributed by atoms with Gasteiger partial charge in [-0.3, -0.25) is 4.84 Å². The minimum absolute atomic E-state index is 0.922. The van der Waals surface area contributed by atoms with Crippen molar-refractivity contribution in [3.8, 4) is 6.26 Å². The molecule has 0 aromatic carbocycles. The number of amides is 4. The van der Waals surface area contributed by atoms with Crippen LogP contribution in [-0.4, -0.2) is 30.5 Å². The predicted octanol–water partition coefficient (Wildman–Crippen LogP) is -1.70. The van der Waals surface area contributed by atoms with Crippen LogP contribution in [-0.2, 0) is 29.2 Å². The van der Waals surface area contributed by atoms with Gasteiger partial charge in [0, 0.05) is 0 Å². The van der Waals surface area contributed by atoms with Gasteiger partial charge in [0.2, 0.25) is 0 Å². The van der Waals surface area contributed by atoms with Gasteiger partial charge in [0.15, 0.2) is 0 Å². The minimum Gasteiger partial charge on any atom is -0.296 e. The molecule has 4 amide bonds. The molecule has 0 atom stereocenters. The van der Waals surface area contributed by atoms with Gasteiger partial charge in [0.05, 0.1) is 0 Å². The molecule has 0 aliphatic rings. The Bertz CT molecular complexity index is 520. The summed E-state index contributed by atoms with van der Waals surface area (Å²) in [4.78, 5) is 71.0. The van der Waals surface area contributed by atoms with Crippen molar-refractivity contribution < 1.29 is 48.4 Å². The Hall–Kier alpha value is -4.25. The Labute approximate surface area is 118 Å². The van der Waals surface area contributed by atoms with E-state index in [9.17, 15) is 24.0 Å². The Balaban J connectivity index is 3.79. The van der Waals surface area contributed by atoms with Crippen LogP contribution in [0.5, 0.6) is 0 Å². The van der Waals surface area contributed by atoms with E-state index in [-0.39, 0.29) is 0 Å². The number of nitrogens with one attached hydrogen (secondary N) is 4. The van der Waals surface area contributed by atoms with Gasteiger partial charge in [-0.1, -0.05) is 5.10 Å². The molecule has 22 heavy (non-hydrogen) atoms. The lowest BCUT2D eigenvalue weighted by Crippen LogP contribution is -2.43. The minimum atomic E-state index is -1.51. The zero-order chi connectivity index (χ0) is 16.8. The van der Waals surface area contributed by atoms with Crippen LogP contribution < -0.4 is 21.8 Å². The molecular weight excluding hydrogens is 316 g/mol. The van der Waals surface area contributed by atoms with Crippen molar-refractivity contribution in [2.75, 3.05) is 0 Å². The molecule has 0 saturated heterocycles. The van der Waals surface area contributed by atoms with E-state index in [1.165, 1.54) is 21.8 Å². The number of hydrazine groups is 1. The predicted molar refractivity (Wildman–Crippen MR) is 53.3 cm³/mol. The average Bonchev–Trinajstić information content (AvgIpc) is 2.52. The number of hydrogen-bond donors (Lipinski definition) is 4. The van der Waals surface area contributed by atoms with E-state index < -0.39 is 24.4 Å². The summed E-state index contributed by atoms with van der Waals surface area (Å²) in [6.07, 6.45) is -3.97. The topological polar surface area (TPSA) is 216 Å². The second-order valence-corrected chi connectivity index (χ2v) is 2.34. The van der Waals surface area contributed by atoms with Gasteiger partial charge >= 0.3 is 30.6 Å². The lowest BCUT2D eigenvalue weighted by atomic mass is 11.1. The first kappa shape index (κ1) is 17.8. The normalized spacial score (nSPS) is 7.77. The first-order chi connectivity index (χ1) is 10.5. The third kappa shape index (κ3) is 9.75. The molecule has 0 spiro atoms. The van der Waals surface area contributed by atoms with Crippen LogP contribution in [0.3, 0.4) is 0 Å². The van der Waals surface area contributed by atoms with Crippen molar-refractivity contribution in [1.29, 1.82) is 5.26 Å². The van der Waals surface area contributed by atoms with E-state index in [4.69, 9.17) is 5.26 Å². The first-order valence-corrected chi connectivity index (χ1v) is 4.50. The summed E-state index contributed by atoms with van der Waals surface area (Å²) in [7, 11) is 0. The van der Waals surface area contributed by atoms with Gasteiger partial charge in [-0.05, 0) is 0 Å². The van der Waals surface area contributed by atoms with Crippen molar-refractivity contribution >= 4 is 30.5 Å². The van der Waals surface area contributed by atoms with Gasteiger partial charge in [0.1, 0.15) is 0 Å². The lowest BCUT2D eigenvalue weighted by molar-refractivity contribution is -0.189. The van der Waals surface area contributed by atoms with Crippen LogP contribution >= 0.6 is 0 Å². The van der Waals surface area contributed by atoms with Gasteiger partial charge in [-0.15, -0.1) is 10.7 Å². The van der Waals surface area contributed by atoms with E-state index in [0.717, 1.165) is 12.3 Å². The number of hydrazone groups is 1. The SMILES string of the molecule is N#CONC(=O)OOC(=O)NNC(=O)OOC(=O)NN=C=O. The van der Waals surface area contributed by atoms with Crippen LogP contribution in [0.2, 0.25) is 0 Å². The van der Waals surface area contributed by atoms with Crippen LogP contribution in [0.4, 0.5) is 19.2 Å². The van der Waals surface area contributed by atoms with Crippen molar-refractivity contribution in [1.82, 2.24) is 21.8 Å². The summed E-state index contributed by atoms with van der Waals surface area (Å²) in [5, 5.41) is 10.5. The maximum atomic E-state index is 10.8. The third-order valence-electron chi connectivity index (χ3n) is 1.03. The highest BCUT2D eigenvalue weighted by molar-refractivity contribution is 5.75. The third-order valence-corrected chi connectivity index (χ3v) is 1.03. The number of nitrogens with zero attached hydrogens (tertiary/aromatic N) is 2. The smallest absolute Gasteiger partial charge is 0.296 e. The van der Waals surface area contributed by atoms with Crippen molar-refractivity contribution in [2.24, 2.45) is 5.10 Å². The molecule has 0 bridgehead atoms. The van der Waals surface area contributed by atoms with Crippen molar-refractivity contribution in [3.63, 3.8) is 0 Å². The largest absolute Gasteiger partial charge is 0.483 e. The van der Waals surface area contributed by atoms with Crippen molar-refractivity contribution in [2.45, 2.75) is 0 Å². The molecule has 0 unspecified atom stereocenters. The Morgan fingerprint density at radius 1 is 0.864 bits per heavy atom. The molecular formula is C6H4N6O10. The fourth-order valence-electron chi connectivity index (χ4n) is 0.464. The Morgan fingerprint density at radius 2 is 1.36 bits per heavy atom. The molecule has 0 radical (unpaired) electrons. The molecule has 0 aromatic rings. The summed E-state index contributed by atoms with van der Waals surface area (Å²) >= 11 is 0. The maximum absolute atomic E-state index is 10.8. The van der Waals surface area contributed by atoms with Crippen LogP contribution in [0.1, 0.15) is 0 Å². The average molecular weight is 320 g/mol. The number of rotatable bonds is 2. The summed E-state index contributed by atoms with van der Waals surface area (Å²) in [5.41, 5.74) is 5.72. The number of carbonyl (C=O) groups is 4. The van der Waals surface area contributed by atoms with E-state index >= 15 is 0 Å². The number of isocyanates is 1. The van der Waals surface area contributed by atoms with E-state index in [2.05, 4.69) is 29.5 Å². The van der Waals surface area contributed by atoms with Crippen LogP contribution in [0.15, 0.2) is 5.10 Å². The van der Waals surface area contributed by atoms with E-state index in [0.29, 0.717) is 0 Å². The molecule has 16 heteroatoms. The molecule has 0 saturated carbocycles. The molecule has 16 nitrogen and oxygen atoms in total. The van der Waals surface area contributed by atoms with Gasteiger partial charge in [-0.2, -0.15) is 5.43 Å². The summed E-state index contributed by atoms with van der Waals surface area (Å²) in [5.74, 6) is 0.